The third-order valence-corrected chi connectivity index (χ3v) is 5.34. The van der Waals surface area contributed by atoms with Crippen molar-refractivity contribution in [3.63, 3.8) is 0 Å². The zero-order chi connectivity index (χ0) is 19.4. The average Bonchev–Trinajstić information content (AvgIpc) is 3.07. The summed E-state index contributed by atoms with van der Waals surface area (Å²) < 4.78 is 16.7. The number of ether oxygens (including phenoxy) is 3. The molecule has 1 fully saturated rings. The molecule has 0 amide bonds. The summed E-state index contributed by atoms with van der Waals surface area (Å²) in [6, 6.07) is 0. The zero-order valence-corrected chi connectivity index (χ0v) is 15.8. The number of hydrogen-bond donors (Lipinski definition) is 2. The monoisotopic (exact) mass is 366 g/mol. The molecule has 0 aromatic rings. The van der Waals surface area contributed by atoms with Crippen molar-refractivity contribution in [1.82, 2.24) is 0 Å². The molecule has 7 heteroatoms. The number of allylic oxidation sites excluding steroid dienone is 1. The molecule has 0 saturated carbocycles. The van der Waals surface area contributed by atoms with Crippen LogP contribution in [0.5, 0.6) is 0 Å². The van der Waals surface area contributed by atoms with Crippen molar-refractivity contribution in [2.75, 3.05) is 6.61 Å². The fourth-order valence-corrected chi connectivity index (χ4v) is 4.15. The van der Waals surface area contributed by atoms with E-state index in [1.54, 1.807) is 6.92 Å². The summed E-state index contributed by atoms with van der Waals surface area (Å²) in [4.78, 5) is 24.5. The molecule has 0 bridgehead atoms. The number of aliphatic hydroxyl groups is 2. The van der Waals surface area contributed by atoms with E-state index in [2.05, 4.69) is 27.7 Å². The Bertz CT molecular complexity index is 715. The molecule has 2 N–H and O–H groups in total. The highest BCUT2D eigenvalue weighted by Gasteiger charge is 2.58. The number of esters is 1. The molecule has 26 heavy (non-hydrogen) atoms. The second kappa shape index (κ2) is 6.09. The third kappa shape index (κ3) is 2.83. The highest BCUT2D eigenvalue weighted by molar-refractivity contribution is 6.02. The molecular weight excluding hydrogens is 340 g/mol. The first kappa shape index (κ1) is 18.9. The van der Waals surface area contributed by atoms with Gasteiger partial charge >= 0.3 is 5.97 Å². The van der Waals surface area contributed by atoms with Crippen LogP contribution in [0, 0.1) is 11.3 Å². The van der Waals surface area contributed by atoms with Gasteiger partial charge in [0.2, 0.25) is 17.3 Å². The molecule has 1 spiro atoms. The van der Waals surface area contributed by atoms with Crippen molar-refractivity contribution in [2.24, 2.45) is 11.3 Å². The molecule has 0 aromatic carbocycles. The summed E-state index contributed by atoms with van der Waals surface area (Å²) in [5.74, 6) is -3.69. The van der Waals surface area contributed by atoms with Gasteiger partial charge in [-0.05, 0) is 30.3 Å². The Morgan fingerprint density at radius 2 is 1.88 bits per heavy atom. The smallest absolute Gasteiger partial charge is 0.377 e. The lowest BCUT2D eigenvalue weighted by molar-refractivity contribution is -0.199. The lowest BCUT2D eigenvalue weighted by atomic mass is 9.67. The van der Waals surface area contributed by atoms with Gasteiger partial charge in [0.25, 0.3) is 0 Å². The Morgan fingerprint density at radius 3 is 2.42 bits per heavy atom. The van der Waals surface area contributed by atoms with Gasteiger partial charge in [-0.15, -0.1) is 0 Å². The van der Waals surface area contributed by atoms with Crippen LogP contribution in [0.1, 0.15) is 47.5 Å². The summed E-state index contributed by atoms with van der Waals surface area (Å²) in [5, 5.41) is 19.4. The molecule has 3 rings (SSSR count). The summed E-state index contributed by atoms with van der Waals surface area (Å²) in [6.45, 7) is 10.1. The normalized spacial score (nSPS) is 34.4. The maximum atomic E-state index is 13.1. The van der Waals surface area contributed by atoms with Crippen LogP contribution in [0.15, 0.2) is 22.7 Å². The van der Waals surface area contributed by atoms with Gasteiger partial charge in [0.05, 0.1) is 6.61 Å². The molecule has 0 aromatic heterocycles. The Kier molecular flexibility index (Phi) is 4.43. The quantitative estimate of drug-likeness (QED) is 0.740. The summed E-state index contributed by atoms with van der Waals surface area (Å²) in [7, 11) is 0. The molecule has 3 aliphatic rings. The summed E-state index contributed by atoms with van der Waals surface area (Å²) in [5.41, 5.74) is 1.44. The van der Waals surface area contributed by atoms with Gasteiger partial charge in [-0.3, -0.25) is 4.79 Å². The van der Waals surface area contributed by atoms with Gasteiger partial charge in [0.1, 0.15) is 6.10 Å². The molecule has 1 saturated heterocycles. The van der Waals surface area contributed by atoms with Crippen LogP contribution < -0.4 is 0 Å². The van der Waals surface area contributed by atoms with Gasteiger partial charge in [0.15, 0.2) is 11.9 Å². The van der Waals surface area contributed by atoms with Crippen molar-refractivity contribution >= 4 is 11.8 Å². The Labute approximate surface area is 152 Å². The maximum absolute atomic E-state index is 13.1. The number of ketones is 1. The Hall–Kier alpha value is -1.86. The van der Waals surface area contributed by atoms with E-state index in [-0.39, 0.29) is 17.8 Å². The van der Waals surface area contributed by atoms with E-state index in [4.69, 9.17) is 14.2 Å². The summed E-state index contributed by atoms with van der Waals surface area (Å²) in [6.07, 6.45) is -0.866. The first-order valence-corrected chi connectivity index (χ1v) is 8.88. The van der Waals surface area contributed by atoms with Crippen molar-refractivity contribution in [2.45, 2.75) is 65.5 Å². The van der Waals surface area contributed by atoms with Crippen LogP contribution in [0.2, 0.25) is 0 Å². The van der Waals surface area contributed by atoms with Crippen molar-refractivity contribution in [1.29, 1.82) is 0 Å². The highest BCUT2D eigenvalue weighted by atomic mass is 16.8. The van der Waals surface area contributed by atoms with Gasteiger partial charge in [-0.1, -0.05) is 33.3 Å². The van der Waals surface area contributed by atoms with Gasteiger partial charge in [-0.25, -0.2) is 4.79 Å². The number of carbonyl (C=O) groups is 2. The van der Waals surface area contributed by atoms with Crippen LogP contribution >= 0.6 is 0 Å². The van der Waals surface area contributed by atoms with Crippen molar-refractivity contribution in [3.05, 3.63) is 22.7 Å². The molecule has 1 aliphatic carbocycles. The van der Waals surface area contributed by atoms with E-state index in [1.165, 1.54) is 0 Å². The zero-order valence-electron chi connectivity index (χ0n) is 15.8. The van der Waals surface area contributed by atoms with Crippen LogP contribution in [-0.2, 0) is 23.8 Å². The molecule has 0 radical (unpaired) electrons. The standard InChI is InChI=1S/C19H26O7/c1-9(2)6-11-10(3)16(22)19(8-18(11,4)5)24-7-12(26-19)15-13(20)14(21)17(23)25-15/h9,12,15,20-21H,6-8H2,1-5H3/t12-,15+,19?/m0/s1. The van der Waals surface area contributed by atoms with Crippen LogP contribution in [0.3, 0.4) is 0 Å². The lowest BCUT2D eigenvalue weighted by Crippen LogP contribution is -2.50. The molecule has 144 valence electrons. The van der Waals surface area contributed by atoms with Gasteiger partial charge < -0.3 is 24.4 Å². The predicted molar refractivity (Wildman–Crippen MR) is 91.3 cm³/mol. The second-order valence-corrected chi connectivity index (χ2v) is 8.37. The van der Waals surface area contributed by atoms with Gasteiger partial charge in [-0.2, -0.15) is 0 Å². The molecule has 7 nitrogen and oxygen atoms in total. The minimum absolute atomic E-state index is 0.0239. The first-order valence-electron chi connectivity index (χ1n) is 8.88. The lowest BCUT2D eigenvalue weighted by Gasteiger charge is -2.43. The minimum Gasteiger partial charge on any atom is -0.505 e. The van der Waals surface area contributed by atoms with Gasteiger partial charge in [0, 0.05) is 6.42 Å². The number of Topliss-reactive ketones (excluding diaryl/α,β-unsaturated/α-hetero) is 1. The molecular formula is C19H26O7. The fraction of sp³-hybridized carbons (Fsp3) is 0.684. The SMILES string of the molecule is CC1=C(CC(C)C)C(C)(C)CC2(OC[C@@H]([C@H]3OC(=O)C(O)=C3O)O2)C1=O. The Balaban J connectivity index is 1.88. The Morgan fingerprint density at radius 1 is 1.23 bits per heavy atom. The molecule has 2 aliphatic heterocycles. The molecule has 2 heterocycles. The van der Waals surface area contributed by atoms with Crippen molar-refractivity contribution < 1.29 is 34.0 Å². The average molecular weight is 366 g/mol. The van der Waals surface area contributed by atoms with E-state index in [0.717, 1.165) is 12.0 Å². The number of hydrogen-bond acceptors (Lipinski definition) is 7. The topological polar surface area (TPSA) is 102 Å². The number of cyclic esters (lactones) is 1. The van der Waals surface area contributed by atoms with Crippen LogP contribution in [-0.4, -0.2) is 46.6 Å². The van der Waals surface area contributed by atoms with Crippen molar-refractivity contribution in [3.8, 4) is 0 Å². The van der Waals surface area contributed by atoms with E-state index >= 15 is 0 Å². The maximum Gasteiger partial charge on any atom is 0.377 e. The largest absolute Gasteiger partial charge is 0.505 e. The number of aliphatic hydroxyl groups excluding tert-OH is 2. The van der Waals surface area contributed by atoms with Crippen LogP contribution in [0.25, 0.3) is 0 Å². The van der Waals surface area contributed by atoms with E-state index in [9.17, 15) is 19.8 Å². The molecule has 3 atom stereocenters. The number of carbonyl (C=O) groups excluding carboxylic acids is 2. The minimum atomic E-state index is -1.45. The van der Waals surface area contributed by atoms with E-state index < -0.39 is 35.5 Å². The molecule has 1 unspecified atom stereocenters. The van der Waals surface area contributed by atoms with E-state index in [0.29, 0.717) is 17.9 Å². The van der Waals surface area contributed by atoms with E-state index in [1.807, 2.05) is 0 Å². The number of rotatable bonds is 3. The first-order chi connectivity index (χ1) is 12.0. The summed E-state index contributed by atoms with van der Waals surface area (Å²) >= 11 is 0. The highest BCUT2D eigenvalue weighted by Crippen LogP contribution is 2.50. The predicted octanol–water partition coefficient (Wildman–Crippen LogP) is 2.71. The van der Waals surface area contributed by atoms with Crippen LogP contribution in [0.4, 0.5) is 0 Å². The fourth-order valence-electron chi connectivity index (χ4n) is 4.15. The second-order valence-electron chi connectivity index (χ2n) is 8.37. The third-order valence-electron chi connectivity index (χ3n) is 5.34.